The van der Waals surface area contributed by atoms with Crippen LogP contribution in [-0.2, 0) is 54.6 Å². The van der Waals surface area contributed by atoms with Crippen LogP contribution in [-0.4, -0.2) is 70.2 Å². The number of hydrogen-bond donors (Lipinski definition) is 4. The molecule has 4 N–H and O–H groups in total. The second kappa shape index (κ2) is 23.0. The smallest absolute Gasteiger partial charge is 0.408 e. The molecule has 14 nitrogen and oxygen atoms in total. The number of rotatable bonds is 20. The van der Waals surface area contributed by atoms with E-state index in [4.69, 9.17) is 14.2 Å². The number of nitrogens with zero attached hydrogens (tertiary/aromatic N) is 2. The zero-order valence-corrected chi connectivity index (χ0v) is 33.6. The Balaban J connectivity index is 1.57. The highest BCUT2D eigenvalue weighted by Gasteiger charge is 2.35. The highest BCUT2D eigenvalue weighted by Crippen LogP contribution is 2.19. The maximum absolute atomic E-state index is 14.1. The number of aromatic nitrogens is 2. The average molecular weight is 795 g/mol. The highest BCUT2D eigenvalue weighted by molar-refractivity contribution is 5.87. The van der Waals surface area contributed by atoms with Crippen molar-refractivity contribution in [2.75, 3.05) is 0 Å². The van der Waals surface area contributed by atoms with Gasteiger partial charge in [-0.3, -0.25) is 24.4 Å². The van der Waals surface area contributed by atoms with Crippen molar-refractivity contribution in [3.63, 3.8) is 0 Å². The molecule has 2 heterocycles. The molecule has 0 aliphatic rings. The predicted octanol–water partition coefficient (Wildman–Crippen LogP) is 5.46. The van der Waals surface area contributed by atoms with E-state index in [1.165, 1.54) is 6.92 Å². The van der Waals surface area contributed by atoms with E-state index in [-0.39, 0.29) is 37.9 Å². The summed E-state index contributed by atoms with van der Waals surface area (Å²) in [7, 11) is 0. The number of alkyl carbamates (subject to hydrolysis) is 2. The van der Waals surface area contributed by atoms with Crippen molar-refractivity contribution >= 4 is 30.0 Å². The van der Waals surface area contributed by atoms with Gasteiger partial charge in [-0.05, 0) is 60.1 Å². The fraction of sp³-hybridized carbons (Fsp3) is 0.386. The summed E-state index contributed by atoms with van der Waals surface area (Å²) in [6.45, 7) is 8.30. The molecule has 0 aliphatic carbocycles. The van der Waals surface area contributed by atoms with Crippen LogP contribution in [0.5, 0.6) is 0 Å². The number of esters is 1. The van der Waals surface area contributed by atoms with Gasteiger partial charge in [0.1, 0.15) is 31.4 Å². The van der Waals surface area contributed by atoms with Crippen molar-refractivity contribution in [2.24, 2.45) is 11.8 Å². The molecule has 2 aromatic heterocycles. The zero-order valence-electron chi connectivity index (χ0n) is 33.6. The van der Waals surface area contributed by atoms with Crippen molar-refractivity contribution in [3.8, 4) is 0 Å². The number of nitrogens with one attached hydrogen (secondary N) is 4. The molecule has 0 unspecified atom stereocenters. The highest BCUT2D eigenvalue weighted by atomic mass is 16.6. The topological polar surface area (TPSA) is 187 Å². The summed E-state index contributed by atoms with van der Waals surface area (Å²) >= 11 is 0. The van der Waals surface area contributed by atoms with Gasteiger partial charge in [-0.25, -0.2) is 9.59 Å². The van der Waals surface area contributed by atoms with Gasteiger partial charge >= 0.3 is 18.2 Å². The number of pyridine rings is 2. The lowest BCUT2D eigenvalue weighted by molar-refractivity contribution is -0.149. The maximum atomic E-state index is 14.1. The summed E-state index contributed by atoms with van der Waals surface area (Å²) < 4.78 is 16.7. The molecule has 5 atom stereocenters. The van der Waals surface area contributed by atoms with Gasteiger partial charge in [0.25, 0.3) is 0 Å². The fourth-order valence-electron chi connectivity index (χ4n) is 6.24. The Hall–Kier alpha value is -6.31. The van der Waals surface area contributed by atoms with Crippen molar-refractivity contribution in [3.05, 3.63) is 132 Å². The molecule has 308 valence electrons. The number of carbonyl (C=O) groups is 5. The number of carbonyl (C=O) groups excluding carboxylic acids is 5. The van der Waals surface area contributed by atoms with Gasteiger partial charge < -0.3 is 35.5 Å². The quantitative estimate of drug-likeness (QED) is 0.0662. The van der Waals surface area contributed by atoms with Gasteiger partial charge in [-0.1, -0.05) is 100 Å². The largest absolute Gasteiger partial charge is 0.460 e. The molecule has 0 aliphatic heterocycles. The fourth-order valence-corrected chi connectivity index (χ4v) is 6.24. The summed E-state index contributed by atoms with van der Waals surface area (Å²) in [5.41, 5.74) is 2.85. The molecule has 0 fully saturated rings. The van der Waals surface area contributed by atoms with Crippen LogP contribution in [0.1, 0.15) is 63.6 Å². The normalized spacial score (nSPS) is 13.6. The molecule has 4 rings (SSSR count). The third-order valence-corrected chi connectivity index (χ3v) is 9.18. The SMILES string of the molecule is CC(=O)O[C@@H](C[C@H](Cc1ccccc1)NC(=O)[C@@H](NC(=O)OCc1ccccn1)C(C)C)[C@H](Cc1ccccc1)NC(=O)[C@@H](NC(=O)OCc1ccccn1)C(C)C. The van der Waals surface area contributed by atoms with Crippen LogP contribution in [0.3, 0.4) is 0 Å². The van der Waals surface area contributed by atoms with Crippen LogP contribution in [0.25, 0.3) is 0 Å². The van der Waals surface area contributed by atoms with E-state index < -0.39 is 60.2 Å². The molecule has 0 radical (unpaired) electrons. The van der Waals surface area contributed by atoms with E-state index in [9.17, 15) is 24.0 Å². The number of benzene rings is 2. The van der Waals surface area contributed by atoms with Crippen molar-refractivity contribution in [2.45, 2.75) is 97.4 Å². The first-order valence-corrected chi connectivity index (χ1v) is 19.4. The number of amides is 4. The summed E-state index contributed by atoms with van der Waals surface area (Å²) in [6.07, 6.45) is 1.33. The third kappa shape index (κ3) is 15.3. The minimum Gasteiger partial charge on any atom is -0.460 e. The van der Waals surface area contributed by atoms with Crippen LogP contribution >= 0.6 is 0 Å². The molecule has 0 saturated carbocycles. The average Bonchev–Trinajstić information content (AvgIpc) is 3.21. The van der Waals surface area contributed by atoms with Gasteiger partial charge in [0.15, 0.2) is 0 Å². The molecule has 4 amide bonds. The van der Waals surface area contributed by atoms with Crippen LogP contribution in [0.4, 0.5) is 9.59 Å². The first-order valence-electron chi connectivity index (χ1n) is 19.4. The van der Waals surface area contributed by atoms with Crippen LogP contribution in [0.2, 0.25) is 0 Å². The minimum atomic E-state index is -1.01. The van der Waals surface area contributed by atoms with E-state index in [0.717, 1.165) is 11.1 Å². The maximum Gasteiger partial charge on any atom is 0.408 e. The summed E-state index contributed by atoms with van der Waals surface area (Å²) in [4.78, 5) is 75.0. The van der Waals surface area contributed by atoms with E-state index >= 15 is 0 Å². The summed E-state index contributed by atoms with van der Waals surface area (Å²) in [6, 6.07) is 25.9. The lowest BCUT2D eigenvalue weighted by Crippen LogP contribution is -2.57. The number of hydrogen-bond acceptors (Lipinski definition) is 10. The standard InChI is InChI=1S/C44H54N6O8/c1-29(2)39(49-43(54)56-27-34-20-12-14-22-45-34)41(52)47-36(24-32-16-8-6-9-17-32)26-38(58-31(5)51)37(25-33-18-10-7-11-19-33)48-42(53)40(30(3)4)50-44(55)57-28-35-21-13-15-23-46-35/h6-23,29-30,36-40H,24-28H2,1-5H3,(H,47,52)(H,48,53)(H,49,54)(H,50,55)/t36-,37-,38-,39-,40-/m0/s1. The predicted molar refractivity (Wildman–Crippen MR) is 217 cm³/mol. The second-order valence-corrected chi connectivity index (χ2v) is 14.6. The van der Waals surface area contributed by atoms with Gasteiger partial charge in [0.05, 0.1) is 17.4 Å². The van der Waals surface area contributed by atoms with Crippen LogP contribution in [0, 0.1) is 11.8 Å². The van der Waals surface area contributed by atoms with Crippen molar-refractivity contribution < 1.29 is 38.2 Å². The van der Waals surface area contributed by atoms with Crippen molar-refractivity contribution in [1.82, 2.24) is 31.2 Å². The van der Waals surface area contributed by atoms with E-state index in [1.54, 1.807) is 76.5 Å². The Bertz CT molecular complexity index is 1880. The first-order chi connectivity index (χ1) is 27.9. The summed E-state index contributed by atoms with van der Waals surface area (Å²) in [5.74, 6) is -2.25. The molecule has 14 heteroatoms. The Morgan fingerprint density at radius 2 is 1.02 bits per heavy atom. The molecule has 0 spiro atoms. The second-order valence-electron chi connectivity index (χ2n) is 14.6. The van der Waals surface area contributed by atoms with Gasteiger partial charge in [0, 0.05) is 31.8 Å². The Labute approximate surface area is 339 Å². The van der Waals surface area contributed by atoms with Gasteiger partial charge in [0.2, 0.25) is 11.8 Å². The molecular weight excluding hydrogens is 741 g/mol. The van der Waals surface area contributed by atoms with Gasteiger partial charge in [-0.15, -0.1) is 0 Å². The third-order valence-electron chi connectivity index (χ3n) is 9.18. The Morgan fingerprint density at radius 3 is 1.45 bits per heavy atom. The minimum absolute atomic E-state index is 0.0755. The lowest BCUT2D eigenvalue weighted by Gasteiger charge is -2.33. The molecule has 0 bridgehead atoms. The van der Waals surface area contributed by atoms with Gasteiger partial charge in [-0.2, -0.15) is 0 Å². The number of ether oxygens (including phenoxy) is 3. The Morgan fingerprint density at radius 1 is 0.569 bits per heavy atom. The molecule has 2 aromatic carbocycles. The zero-order chi connectivity index (χ0) is 41.9. The van der Waals surface area contributed by atoms with E-state index in [0.29, 0.717) is 17.8 Å². The van der Waals surface area contributed by atoms with E-state index in [2.05, 4.69) is 31.2 Å². The molecule has 0 saturated heterocycles. The van der Waals surface area contributed by atoms with Crippen LogP contribution < -0.4 is 21.3 Å². The van der Waals surface area contributed by atoms with E-state index in [1.807, 2.05) is 60.7 Å². The van der Waals surface area contributed by atoms with Crippen LogP contribution in [0.15, 0.2) is 109 Å². The first kappa shape index (κ1) is 44.4. The summed E-state index contributed by atoms with van der Waals surface area (Å²) in [5, 5.41) is 11.5. The molecule has 58 heavy (non-hydrogen) atoms. The molecule has 4 aromatic rings. The molecular formula is C44H54N6O8. The Kier molecular flexibility index (Phi) is 17.6. The van der Waals surface area contributed by atoms with Crippen molar-refractivity contribution in [1.29, 1.82) is 0 Å². The monoisotopic (exact) mass is 794 g/mol. The lowest BCUT2D eigenvalue weighted by atomic mass is 9.92.